The second kappa shape index (κ2) is 8.45. The van der Waals surface area contributed by atoms with Crippen LogP contribution in [0, 0.1) is 0 Å². The lowest BCUT2D eigenvalue weighted by Gasteiger charge is -2.18. The van der Waals surface area contributed by atoms with Crippen molar-refractivity contribution in [2.45, 2.75) is 24.7 Å². The van der Waals surface area contributed by atoms with Crippen LogP contribution in [0.5, 0.6) is 11.5 Å². The maximum atomic E-state index is 12.7. The molecule has 0 aromatic heterocycles. The molecule has 0 spiro atoms. The van der Waals surface area contributed by atoms with Gasteiger partial charge < -0.3 is 9.47 Å². The van der Waals surface area contributed by atoms with Gasteiger partial charge in [0.15, 0.2) is 11.5 Å². The molecule has 0 saturated carbocycles. The monoisotopic (exact) mass is 429 g/mol. The molecule has 1 saturated heterocycles. The quantitative estimate of drug-likeness (QED) is 0.581. The van der Waals surface area contributed by atoms with Crippen molar-refractivity contribution in [3.8, 4) is 11.5 Å². The first-order valence-electron chi connectivity index (χ1n) is 9.80. The molecule has 9 heteroatoms. The normalized spacial score (nSPS) is 17.0. The van der Waals surface area contributed by atoms with Crippen LogP contribution in [0.4, 0.5) is 0 Å². The number of sulfonamides is 1. The standard InChI is InChI=1S/C21H23N3O5S/c1-15(16-7-8-19-20(14-16)29-12-11-28-19)22-23-21(25)17-5-4-6-18(13-17)30(26,27)24-9-2-3-10-24/h4-8,13-14H,2-3,9-12H2,1H3,(H,23,25). The number of carbonyl (C=O) groups is 1. The fourth-order valence-corrected chi connectivity index (χ4v) is 4.97. The van der Waals surface area contributed by atoms with Crippen LogP contribution in [0.3, 0.4) is 0 Å². The van der Waals surface area contributed by atoms with E-state index in [1.54, 1.807) is 25.1 Å². The second-order valence-corrected chi connectivity index (χ2v) is 9.07. The summed E-state index contributed by atoms with van der Waals surface area (Å²) in [6.07, 6.45) is 1.71. The van der Waals surface area contributed by atoms with Crippen molar-refractivity contribution in [1.82, 2.24) is 9.73 Å². The highest BCUT2D eigenvalue weighted by atomic mass is 32.2. The average molecular weight is 429 g/mol. The van der Waals surface area contributed by atoms with Gasteiger partial charge in [0.05, 0.1) is 10.6 Å². The predicted octanol–water partition coefficient (Wildman–Crippen LogP) is 2.40. The lowest BCUT2D eigenvalue weighted by atomic mass is 10.1. The number of benzene rings is 2. The summed E-state index contributed by atoms with van der Waals surface area (Å²) in [4.78, 5) is 12.7. The Morgan fingerprint density at radius 1 is 1.00 bits per heavy atom. The summed E-state index contributed by atoms with van der Waals surface area (Å²) >= 11 is 0. The zero-order chi connectivity index (χ0) is 21.1. The van der Waals surface area contributed by atoms with Crippen LogP contribution in [-0.4, -0.2) is 50.6 Å². The lowest BCUT2D eigenvalue weighted by molar-refractivity contribution is 0.0954. The zero-order valence-electron chi connectivity index (χ0n) is 16.6. The van der Waals surface area contributed by atoms with Gasteiger partial charge in [-0.25, -0.2) is 13.8 Å². The van der Waals surface area contributed by atoms with Gasteiger partial charge in [-0.2, -0.15) is 9.41 Å². The first-order valence-corrected chi connectivity index (χ1v) is 11.2. The predicted molar refractivity (Wildman–Crippen MR) is 112 cm³/mol. The minimum atomic E-state index is -3.59. The molecule has 0 atom stereocenters. The Bertz CT molecular complexity index is 1090. The molecule has 1 fully saturated rings. The number of hydrogen-bond donors (Lipinski definition) is 1. The summed E-state index contributed by atoms with van der Waals surface area (Å²) in [6, 6.07) is 11.5. The molecule has 0 aliphatic carbocycles. The van der Waals surface area contributed by atoms with Gasteiger partial charge in [0.2, 0.25) is 10.0 Å². The topological polar surface area (TPSA) is 97.3 Å². The first-order chi connectivity index (χ1) is 14.4. The highest BCUT2D eigenvalue weighted by Gasteiger charge is 2.27. The van der Waals surface area contributed by atoms with Crippen molar-refractivity contribution in [1.29, 1.82) is 0 Å². The summed E-state index contributed by atoms with van der Waals surface area (Å²) in [7, 11) is -3.59. The Morgan fingerprint density at radius 3 is 2.50 bits per heavy atom. The second-order valence-electron chi connectivity index (χ2n) is 7.14. The zero-order valence-corrected chi connectivity index (χ0v) is 17.4. The molecule has 8 nitrogen and oxygen atoms in total. The number of ether oxygens (including phenoxy) is 2. The molecule has 2 aliphatic rings. The Morgan fingerprint density at radius 2 is 1.73 bits per heavy atom. The summed E-state index contributed by atoms with van der Waals surface area (Å²) in [5, 5.41) is 4.15. The number of nitrogens with one attached hydrogen (secondary N) is 1. The van der Waals surface area contributed by atoms with Gasteiger partial charge in [0.1, 0.15) is 13.2 Å². The molecule has 4 rings (SSSR count). The van der Waals surface area contributed by atoms with Gasteiger partial charge in [-0.3, -0.25) is 4.79 Å². The molecule has 0 radical (unpaired) electrons. The fraction of sp³-hybridized carbons (Fsp3) is 0.333. The number of fused-ring (bicyclic) bond motifs is 1. The van der Waals surface area contributed by atoms with Gasteiger partial charge >= 0.3 is 0 Å². The van der Waals surface area contributed by atoms with Crippen molar-refractivity contribution in [3.63, 3.8) is 0 Å². The molecule has 30 heavy (non-hydrogen) atoms. The van der Waals surface area contributed by atoms with Crippen molar-refractivity contribution in [2.24, 2.45) is 5.10 Å². The van der Waals surface area contributed by atoms with E-state index in [9.17, 15) is 13.2 Å². The fourth-order valence-electron chi connectivity index (χ4n) is 3.41. The van der Waals surface area contributed by atoms with E-state index in [4.69, 9.17) is 9.47 Å². The third-order valence-electron chi connectivity index (χ3n) is 5.08. The maximum absolute atomic E-state index is 12.7. The molecular weight excluding hydrogens is 406 g/mol. The molecule has 1 amide bonds. The molecule has 1 N–H and O–H groups in total. The van der Waals surface area contributed by atoms with Crippen LogP contribution in [-0.2, 0) is 10.0 Å². The number of hydrogen-bond acceptors (Lipinski definition) is 6. The largest absolute Gasteiger partial charge is 0.486 e. The van der Waals surface area contributed by atoms with Crippen molar-refractivity contribution in [3.05, 3.63) is 53.6 Å². The van der Waals surface area contributed by atoms with E-state index in [2.05, 4.69) is 10.5 Å². The summed E-state index contributed by atoms with van der Waals surface area (Å²) < 4.78 is 38.0. The van der Waals surface area contributed by atoms with E-state index >= 15 is 0 Å². The van der Waals surface area contributed by atoms with Crippen LogP contribution in [0.2, 0.25) is 0 Å². The Balaban J connectivity index is 1.49. The van der Waals surface area contributed by atoms with Crippen LogP contribution in [0.15, 0.2) is 52.5 Å². The molecule has 158 valence electrons. The molecular formula is C21H23N3O5S. The SMILES string of the molecule is CC(=NNC(=O)c1cccc(S(=O)(=O)N2CCCC2)c1)c1ccc2c(c1)OCCO2. The summed E-state index contributed by atoms with van der Waals surface area (Å²) in [6.45, 7) is 3.79. The van der Waals surface area contributed by atoms with Crippen molar-refractivity contribution < 1.29 is 22.7 Å². The van der Waals surface area contributed by atoms with Crippen molar-refractivity contribution >= 4 is 21.6 Å². The number of hydrazone groups is 1. The number of amides is 1. The van der Waals surface area contributed by atoms with E-state index in [-0.39, 0.29) is 10.5 Å². The Hall–Kier alpha value is -2.91. The van der Waals surface area contributed by atoms with Gasteiger partial charge in [-0.15, -0.1) is 0 Å². The van der Waals surface area contributed by atoms with E-state index in [0.29, 0.717) is 43.5 Å². The number of rotatable bonds is 5. The Labute approximate surface area is 175 Å². The van der Waals surface area contributed by atoms with E-state index < -0.39 is 15.9 Å². The third kappa shape index (κ3) is 4.17. The molecule has 2 heterocycles. The highest BCUT2D eigenvalue weighted by molar-refractivity contribution is 7.89. The van der Waals surface area contributed by atoms with Gasteiger partial charge in [0.25, 0.3) is 5.91 Å². The Kier molecular flexibility index (Phi) is 5.74. The molecule has 0 bridgehead atoms. The van der Waals surface area contributed by atoms with E-state index in [0.717, 1.165) is 18.4 Å². The molecule has 2 aromatic carbocycles. The summed E-state index contributed by atoms with van der Waals surface area (Å²) in [5.74, 6) is 0.836. The molecule has 2 aromatic rings. The smallest absolute Gasteiger partial charge is 0.271 e. The minimum absolute atomic E-state index is 0.115. The van der Waals surface area contributed by atoms with Crippen LogP contribution < -0.4 is 14.9 Å². The van der Waals surface area contributed by atoms with Gasteiger partial charge in [-0.05, 0) is 56.2 Å². The van der Waals surface area contributed by atoms with Gasteiger partial charge in [0, 0.05) is 24.2 Å². The maximum Gasteiger partial charge on any atom is 0.271 e. The average Bonchev–Trinajstić information content (AvgIpc) is 3.33. The molecule has 0 unspecified atom stereocenters. The minimum Gasteiger partial charge on any atom is -0.486 e. The first kappa shape index (κ1) is 20.4. The van der Waals surface area contributed by atoms with Crippen LogP contribution in [0.1, 0.15) is 35.7 Å². The van der Waals surface area contributed by atoms with E-state index in [1.165, 1.54) is 16.4 Å². The number of nitrogens with zero attached hydrogens (tertiary/aromatic N) is 2. The lowest BCUT2D eigenvalue weighted by Crippen LogP contribution is -2.28. The van der Waals surface area contributed by atoms with Crippen LogP contribution in [0.25, 0.3) is 0 Å². The highest BCUT2D eigenvalue weighted by Crippen LogP contribution is 2.30. The summed E-state index contributed by atoms with van der Waals surface area (Å²) in [5.41, 5.74) is 4.09. The van der Waals surface area contributed by atoms with E-state index in [1.807, 2.05) is 12.1 Å². The number of carbonyl (C=O) groups excluding carboxylic acids is 1. The van der Waals surface area contributed by atoms with Crippen molar-refractivity contribution in [2.75, 3.05) is 26.3 Å². The van der Waals surface area contributed by atoms with Gasteiger partial charge in [-0.1, -0.05) is 6.07 Å². The third-order valence-corrected chi connectivity index (χ3v) is 6.98. The van der Waals surface area contributed by atoms with Crippen LogP contribution >= 0.6 is 0 Å². The molecule has 2 aliphatic heterocycles.